The van der Waals surface area contributed by atoms with Gasteiger partial charge in [0.25, 0.3) is 5.91 Å². The lowest BCUT2D eigenvalue weighted by atomic mass is 9.95. The molecule has 2 aliphatic heterocycles. The Balaban J connectivity index is 1.30. The molecular weight excluding hydrogens is 423 g/mol. The third kappa shape index (κ3) is 5.13. The highest BCUT2D eigenvalue weighted by Gasteiger charge is 2.28. The first-order valence-electron chi connectivity index (χ1n) is 10.7. The molecule has 0 saturated carbocycles. The summed E-state index contributed by atoms with van der Waals surface area (Å²) >= 11 is 7.48. The SMILES string of the molecule is C[C@@H]1CCCN(C2CCN(c3ncc(C(=O)NCc4cc(F)ccc4Cl)s3)CC2)C1. The van der Waals surface area contributed by atoms with Gasteiger partial charge in [-0.15, -0.1) is 0 Å². The standard InChI is InChI=1S/C22H28ClFN4OS/c1-15-3-2-8-28(14-15)18-6-9-27(10-7-18)22-26-13-20(30-22)21(29)25-12-16-11-17(24)4-5-19(16)23/h4-5,11,13,15,18H,2-3,6-10,12,14H2,1H3,(H,25,29)/t15-/m1/s1. The van der Waals surface area contributed by atoms with E-state index in [1.807, 2.05) is 0 Å². The number of halogens is 2. The van der Waals surface area contributed by atoms with Crippen LogP contribution in [0.3, 0.4) is 0 Å². The Morgan fingerprint density at radius 2 is 2.10 bits per heavy atom. The van der Waals surface area contributed by atoms with Crippen molar-refractivity contribution < 1.29 is 9.18 Å². The van der Waals surface area contributed by atoms with Crippen LogP contribution in [0.2, 0.25) is 5.02 Å². The molecule has 1 aromatic heterocycles. The Bertz CT molecular complexity index is 884. The highest BCUT2D eigenvalue weighted by molar-refractivity contribution is 7.17. The van der Waals surface area contributed by atoms with Gasteiger partial charge in [-0.3, -0.25) is 9.69 Å². The van der Waals surface area contributed by atoms with E-state index in [4.69, 9.17) is 11.6 Å². The summed E-state index contributed by atoms with van der Waals surface area (Å²) in [6, 6.07) is 4.81. The molecule has 2 saturated heterocycles. The Labute approximate surface area is 186 Å². The molecule has 0 unspecified atom stereocenters. The molecule has 1 aromatic carbocycles. The number of anilines is 1. The van der Waals surface area contributed by atoms with Crippen LogP contribution < -0.4 is 10.2 Å². The minimum absolute atomic E-state index is 0.183. The molecule has 2 fully saturated rings. The van der Waals surface area contributed by atoms with E-state index in [1.54, 1.807) is 6.20 Å². The fourth-order valence-electron chi connectivity index (χ4n) is 4.44. The van der Waals surface area contributed by atoms with Crippen LogP contribution in [-0.2, 0) is 6.54 Å². The number of likely N-dealkylation sites (tertiary alicyclic amines) is 1. The second kappa shape index (κ2) is 9.62. The molecule has 1 N–H and O–H groups in total. The zero-order chi connectivity index (χ0) is 21.1. The van der Waals surface area contributed by atoms with Crippen molar-refractivity contribution in [2.24, 2.45) is 5.92 Å². The zero-order valence-corrected chi connectivity index (χ0v) is 18.8. The lowest BCUT2D eigenvalue weighted by Crippen LogP contribution is -2.48. The molecule has 4 rings (SSSR count). The molecule has 30 heavy (non-hydrogen) atoms. The largest absolute Gasteiger partial charge is 0.348 e. The quantitative estimate of drug-likeness (QED) is 0.725. The minimum Gasteiger partial charge on any atom is -0.348 e. The molecule has 0 bridgehead atoms. The number of rotatable bonds is 5. The summed E-state index contributed by atoms with van der Waals surface area (Å²) in [7, 11) is 0. The van der Waals surface area contributed by atoms with E-state index in [2.05, 4.69) is 27.0 Å². The molecule has 1 amide bonds. The fourth-order valence-corrected chi connectivity index (χ4v) is 5.51. The maximum Gasteiger partial charge on any atom is 0.263 e. The van der Waals surface area contributed by atoms with Gasteiger partial charge >= 0.3 is 0 Å². The lowest BCUT2D eigenvalue weighted by molar-refractivity contribution is 0.0954. The van der Waals surface area contributed by atoms with Gasteiger partial charge in [0.1, 0.15) is 10.7 Å². The van der Waals surface area contributed by atoms with Gasteiger partial charge in [-0.05, 0) is 61.9 Å². The molecule has 2 aliphatic rings. The van der Waals surface area contributed by atoms with E-state index < -0.39 is 0 Å². The van der Waals surface area contributed by atoms with Gasteiger partial charge < -0.3 is 10.2 Å². The Morgan fingerprint density at radius 1 is 1.30 bits per heavy atom. The average molecular weight is 451 g/mol. The maximum atomic E-state index is 13.4. The first kappa shape index (κ1) is 21.5. The number of piperidine rings is 2. The molecule has 8 heteroatoms. The fraction of sp³-hybridized carbons (Fsp3) is 0.545. The van der Waals surface area contributed by atoms with E-state index in [0.29, 0.717) is 21.5 Å². The number of hydrogen-bond donors (Lipinski definition) is 1. The highest BCUT2D eigenvalue weighted by atomic mass is 35.5. The van der Waals surface area contributed by atoms with E-state index in [9.17, 15) is 9.18 Å². The maximum absolute atomic E-state index is 13.4. The average Bonchev–Trinajstić information content (AvgIpc) is 3.25. The van der Waals surface area contributed by atoms with Crippen molar-refractivity contribution in [3.8, 4) is 0 Å². The normalized spacial score (nSPS) is 21.0. The van der Waals surface area contributed by atoms with Crippen molar-refractivity contribution in [3.63, 3.8) is 0 Å². The lowest BCUT2D eigenvalue weighted by Gasteiger charge is -2.41. The van der Waals surface area contributed by atoms with Crippen molar-refractivity contribution in [1.82, 2.24) is 15.2 Å². The first-order valence-corrected chi connectivity index (χ1v) is 11.9. The Kier molecular flexibility index (Phi) is 6.91. The van der Waals surface area contributed by atoms with Gasteiger partial charge in [-0.2, -0.15) is 0 Å². The highest BCUT2D eigenvalue weighted by Crippen LogP contribution is 2.29. The van der Waals surface area contributed by atoms with Crippen molar-refractivity contribution >= 4 is 34.0 Å². The molecule has 0 aliphatic carbocycles. The second-order valence-corrected chi connectivity index (χ2v) is 9.80. The number of carbonyl (C=O) groups excluding carboxylic acids is 1. The topological polar surface area (TPSA) is 48.5 Å². The molecule has 0 spiro atoms. The number of thiazole rings is 1. The number of carbonyl (C=O) groups is 1. The summed E-state index contributed by atoms with van der Waals surface area (Å²) in [5, 5.41) is 4.14. The molecule has 2 aromatic rings. The summed E-state index contributed by atoms with van der Waals surface area (Å²) in [6.45, 7) is 6.94. The summed E-state index contributed by atoms with van der Waals surface area (Å²) in [5.74, 6) is 0.224. The van der Waals surface area contributed by atoms with E-state index in [-0.39, 0.29) is 18.3 Å². The molecule has 1 atom stereocenters. The molecule has 5 nitrogen and oxygen atoms in total. The second-order valence-electron chi connectivity index (χ2n) is 8.39. The number of hydrogen-bond acceptors (Lipinski definition) is 5. The summed E-state index contributed by atoms with van der Waals surface area (Å²) in [5.41, 5.74) is 0.559. The van der Waals surface area contributed by atoms with Crippen LogP contribution in [0.1, 0.15) is 47.8 Å². The van der Waals surface area contributed by atoms with Crippen LogP contribution in [0.25, 0.3) is 0 Å². The van der Waals surface area contributed by atoms with Gasteiger partial charge in [0.05, 0.1) is 6.20 Å². The third-order valence-electron chi connectivity index (χ3n) is 6.10. The number of nitrogens with one attached hydrogen (secondary N) is 1. The molecule has 0 radical (unpaired) electrons. The molecular formula is C22H28ClFN4OS. The van der Waals surface area contributed by atoms with Crippen LogP contribution >= 0.6 is 22.9 Å². The number of nitrogens with zero attached hydrogens (tertiary/aromatic N) is 3. The van der Waals surface area contributed by atoms with Crippen molar-refractivity contribution in [2.45, 2.75) is 45.2 Å². The van der Waals surface area contributed by atoms with Gasteiger partial charge in [0.2, 0.25) is 0 Å². The van der Waals surface area contributed by atoms with Crippen LogP contribution in [0.5, 0.6) is 0 Å². The zero-order valence-electron chi connectivity index (χ0n) is 17.2. The Hall–Kier alpha value is -1.70. The summed E-state index contributed by atoms with van der Waals surface area (Å²) < 4.78 is 13.4. The summed E-state index contributed by atoms with van der Waals surface area (Å²) in [6.07, 6.45) is 6.58. The molecule has 162 valence electrons. The third-order valence-corrected chi connectivity index (χ3v) is 7.53. The Morgan fingerprint density at radius 3 is 2.87 bits per heavy atom. The van der Waals surface area contributed by atoms with Gasteiger partial charge in [0.15, 0.2) is 5.13 Å². The number of aromatic nitrogens is 1. The summed E-state index contributed by atoms with van der Waals surface area (Å²) in [4.78, 5) is 22.5. The van der Waals surface area contributed by atoms with Gasteiger partial charge in [0, 0.05) is 37.2 Å². The number of benzene rings is 1. The van der Waals surface area contributed by atoms with Crippen molar-refractivity contribution in [1.29, 1.82) is 0 Å². The van der Waals surface area contributed by atoms with Gasteiger partial charge in [-0.1, -0.05) is 29.9 Å². The predicted octanol–water partition coefficient (Wildman–Crippen LogP) is 4.57. The monoisotopic (exact) mass is 450 g/mol. The van der Waals surface area contributed by atoms with Gasteiger partial charge in [-0.25, -0.2) is 9.37 Å². The smallest absolute Gasteiger partial charge is 0.263 e. The van der Waals surface area contributed by atoms with E-state index in [0.717, 1.165) is 37.0 Å². The molecule has 3 heterocycles. The van der Waals surface area contributed by atoms with E-state index >= 15 is 0 Å². The van der Waals surface area contributed by atoms with Crippen LogP contribution in [0.4, 0.5) is 9.52 Å². The van der Waals surface area contributed by atoms with Crippen LogP contribution in [0.15, 0.2) is 24.4 Å². The van der Waals surface area contributed by atoms with Crippen molar-refractivity contribution in [2.75, 3.05) is 31.1 Å². The van der Waals surface area contributed by atoms with Crippen LogP contribution in [0, 0.1) is 11.7 Å². The predicted molar refractivity (Wildman–Crippen MR) is 120 cm³/mol. The van der Waals surface area contributed by atoms with Crippen LogP contribution in [-0.4, -0.2) is 48.0 Å². The first-order chi connectivity index (χ1) is 14.5. The van der Waals surface area contributed by atoms with Crippen molar-refractivity contribution in [3.05, 3.63) is 45.7 Å². The van der Waals surface area contributed by atoms with E-state index in [1.165, 1.54) is 55.5 Å². The minimum atomic E-state index is -0.369. The number of amides is 1.